The van der Waals surface area contributed by atoms with Gasteiger partial charge in [-0.3, -0.25) is 4.98 Å². The van der Waals surface area contributed by atoms with E-state index in [4.69, 9.17) is 9.72 Å². The number of alkyl halides is 3. The topological polar surface area (TPSA) is 106 Å². The molecular weight excluding hydrogens is 539 g/mol. The molecule has 0 aromatic carbocycles. The van der Waals surface area contributed by atoms with E-state index in [0.717, 1.165) is 44.5 Å². The van der Waals surface area contributed by atoms with Gasteiger partial charge in [0, 0.05) is 62.5 Å². The number of halogens is 3. The summed E-state index contributed by atoms with van der Waals surface area (Å²) >= 11 is 0. The summed E-state index contributed by atoms with van der Waals surface area (Å²) in [5, 5.41) is 2.99. The van der Waals surface area contributed by atoms with E-state index in [2.05, 4.69) is 29.9 Å². The normalized spacial score (nSPS) is 17.0. The molecule has 3 aromatic heterocycles. The SMILES string of the molecule is CC(C)(C)OC(=O)N1CCC2(CCN(c3cc(Nc4cc(OC(F)(F)F)ccn4)nc(-c4cccnc4)n3)CC2)C1. The van der Waals surface area contributed by atoms with Gasteiger partial charge in [-0.15, -0.1) is 13.2 Å². The van der Waals surface area contributed by atoms with Gasteiger partial charge >= 0.3 is 12.5 Å². The van der Waals surface area contributed by atoms with Crippen LogP contribution in [0.3, 0.4) is 0 Å². The van der Waals surface area contributed by atoms with E-state index < -0.39 is 17.7 Å². The summed E-state index contributed by atoms with van der Waals surface area (Å²) in [4.78, 5) is 34.2. The number of ether oxygens (including phenoxy) is 2. The monoisotopic (exact) mass is 571 g/mol. The number of rotatable bonds is 5. The highest BCUT2D eigenvalue weighted by Gasteiger charge is 2.43. The predicted octanol–water partition coefficient (Wildman–Crippen LogP) is 5.80. The average molecular weight is 572 g/mol. The molecule has 13 heteroatoms. The molecule has 0 atom stereocenters. The number of carbonyl (C=O) groups excluding carboxylic acids is 1. The molecule has 2 fully saturated rings. The molecule has 3 aromatic rings. The molecule has 2 aliphatic heterocycles. The van der Waals surface area contributed by atoms with Crippen LogP contribution in [0.2, 0.25) is 0 Å². The maximum atomic E-state index is 12.7. The first-order valence-corrected chi connectivity index (χ1v) is 13.4. The van der Waals surface area contributed by atoms with Gasteiger partial charge in [0.1, 0.15) is 28.8 Å². The van der Waals surface area contributed by atoms with E-state index in [0.29, 0.717) is 36.1 Å². The first-order chi connectivity index (χ1) is 19.4. The third-order valence-electron chi connectivity index (χ3n) is 7.09. The van der Waals surface area contributed by atoms with E-state index in [1.165, 1.54) is 6.20 Å². The number of likely N-dealkylation sites (tertiary alicyclic amines) is 1. The average Bonchev–Trinajstić information content (AvgIpc) is 3.31. The first-order valence-electron chi connectivity index (χ1n) is 13.4. The van der Waals surface area contributed by atoms with E-state index >= 15 is 0 Å². The van der Waals surface area contributed by atoms with Crippen molar-refractivity contribution in [2.45, 2.75) is 52.0 Å². The largest absolute Gasteiger partial charge is 0.573 e. The molecule has 5 rings (SSSR count). The Morgan fingerprint density at radius 1 is 1.00 bits per heavy atom. The van der Waals surface area contributed by atoms with Gasteiger partial charge in [0.25, 0.3) is 0 Å². The lowest BCUT2D eigenvalue weighted by Crippen LogP contribution is -2.43. The number of aromatic nitrogens is 4. The zero-order valence-corrected chi connectivity index (χ0v) is 23.1. The Morgan fingerprint density at radius 3 is 2.44 bits per heavy atom. The Balaban J connectivity index is 1.34. The van der Waals surface area contributed by atoms with E-state index in [9.17, 15) is 18.0 Å². The minimum Gasteiger partial charge on any atom is -0.444 e. The van der Waals surface area contributed by atoms with Gasteiger partial charge in [0.2, 0.25) is 0 Å². The van der Waals surface area contributed by atoms with Gasteiger partial charge in [-0.05, 0) is 63.6 Å². The summed E-state index contributed by atoms with van der Waals surface area (Å²) in [6, 6.07) is 7.64. The smallest absolute Gasteiger partial charge is 0.444 e. The zero-order chi connectivity index (χ0) is 29.3. The second-order valence-corrected chi connectivity index (χ2v) is 11.4. The lowest BCUT2D eigenvalue weighted by molar-refractivity contribution is -0.274. The van der Waals surface area contributed by atoms with Crippen molar-refractivity contribution in [3.63, 3.8) is 0 Å². The number of carbonyl (C=O) groups is 1. The number of anilines is 3. The van der Waals surface area contributed by atoms with Crippen LogP contribution in [0.25, 0.3) is 11.4 Å². The van der Waals surface area contributed by atoms with Crippen LogP contribution in [0.15, 0.2) is 48.9 Å². The highest BCUT2D eigenvalue weighted by atomic mass is 19.4. The molecule has 0 aliphatic carbocycles. The molecule has 1 N–H and O–H groups in total. The Hall–Kier alpha value is -4.16. The van der Waals surface area contributed by atoms with Crippen LogP contribution in [-0.2, 0) is 4.74 Å². The Bertz CT molecular complexity index is 1370. The van der Waals surface area contributed by atoms with Gasteiger partial charge in [-0.25, -0.2) is 19.7 Å². The van der Waals surface area contributed by atoms with Gasteiger partial charge < -0.3 is 24.6 Å². The van der Waals surface area contributed by atoms with Crippen LogP contribution in [0.1, 0.15) is 40.0 Å². The predicted molar refractivity (Wildman–Crippen MR) is 146 cm³/mol. The Morgan fingerprint density at radius 2 is 1.76 bits per heavy atom. The summed E-state index contributed by atoms with van der Waals surface area (Å²) in [6.45, 7) is 8.37. The fourth-order valence-corrected chi connectivity index (χ4v) is 5.13. The second-order valence-electron chi connectivity index (χ2n) is 11.4. The van der Waals surface area contributed by atoms with E-state index in [1.807, 2.05) is 26.8 Å². The van der Waals surface area contributed by atoms with Crippen molar-refractivity contribution in [1.82, 2.24) is 24.8 Å². The molecule has 1 amide bonds. The van der Waals surface area contributed by atoms with Crippen LogP contribution in [0, 0.1) is 5.41 Å². The van der Waals surface area contributed by atoms with Crippen molar-refractivity contribution < 1.29 is 27.4 Å². The Labute approximate surface area is 235 Å². The number of piperidine rings is 1. The quantitative estimate of drug-likeness (QED) is 0.407. The summed E-state index contributed by atoms with van der Waals surface area (Å²) in [7, 11) is 0. The molecule has 1 spiro atoms. The molecule has 218 valence electrons. The summed E-state index contributed by atoms with van der Waals surface area (Å²) in [5.41, 5.74) is 0.177. The maximum absolute atomic E-state index is 12.7. The molecule has 41 heavy (non-hydrogen) atoms. The minimum absolute atomic E-state index is 0.0243. The standard InChI is InChI=1S/C28H32F3N7O3/c1-26(2,3)41-25(39)38-14-9-27(18-38)7-12-37(13-8-27)23-16-22(35-24(36-23)19-5-4-10-32-17-19)34-21-15-20(6-11-33-21)40-28(29,30)31/h4-6,10-11,15-17H,7-9,12-14,18H2,1-3H3,(H,33,34,35,36). The van der Waals surface area contributed by atoms with E-state index in [1.54, 1.807) is 29.4 Å². The van der Waals surface area contributed by atoms with Crippen LogP contribution >= 0.6 is 0 Å². The number of nitrogens with one attached hydrogen (secondary N) is 1. The fourth-order valence-electron chi connectivity index (χ4n) is 5.13. The molecule has 0 unspecified atom stereocenters. The second kappa shape index (κ2) is 11.0. The number of pyridine rings is 2. The maximum Gasteiger partial charge on any atom is 0.573 e. The Kier molecular flexibility index (Phi) is 7.62. The number of nitrogens with zero attached hydrogens (tertiary/aromatic N) is 6. The van der Waals surface area contributed by atoms with Crippen LogP contribution in [0.4, 0.5) is 35.4 Å². The fraction of sp³-hybridized carbons (Fsp3) is 0.464. The molecule has 0 bridgehead atoms. The third kappa shape index (κ3) is 7.33. The van der Waals surface area contributed by atoms with Crippen molar-refractivity contribution in [2.75, 3.05) is 36.4 Å². The van der Waals surface area contributed by atoms with Crippen molar-refractivity contribution in [2.24, 2.45) is 5.41 Å². The third-order valence-corrected chi connectivity index (χ3v) is 7.09. The molecular formula is C28H32F3N7O3. The molecule has 10 nitrogen and oxygen atoms in total. The molecule has 2 saturated heterocycles. The highest BCUT2D eigenvalue weighted by Crippen LogP contribution is 2.42. The van der Waals surface area contributed by atoms with Crippen LogP contribution in [-0.4, -0.2) is 69.1 Å². The molecule has 0 radical (unpaired) electrons. The number of hydrogen-bond donors (Lipinski definition) is 1. The van der Waals surface area contributed by atoms with Crippen molar-refractivity contribution in [3.8, 4) is 17.1 Å². The van der Waals surface area contributed by atoms with Crippen molar-refractivity contribution >= 4 is 23.5 Å². The van der Waals surface area contributed by atoms with Crippen molar-refractivity contribution in [3.05, 3.63) is 48.9 Å². The first kappa shape index (κ1) is 28.4. The van der Waals surface area contributed by atoms with Gasteiger partial charge in [0.15, 0.2) is 5.82 Å². The lowest BCUT2D eigenvalue weighted by Gasteiger charge is -2.40. The molecule has 2 aliphatic rings. The highest BCUT2D eigenvalue weighted by molar-refractivity contribution is 5.69. The summed E-state index contributed by atoms with van der Waals surface area (Å²) in [6.07, 6.45) is 2.09. The van der Waals surface area contributed by atoms with Crippen molar-refractivity contribution in [1.29, 1.82) is 0 Å². The number of amides is 1. The van der Waals surface area contributed by atoms with Gasteiger partial charge in [0.05, 0.1) is 0 Å². The lowest BCUT2D eigenvalue weighted by atomic mass is 9.78. The summed E-state index contributed by atoms with van der Waals surface area (Å²) in [5.74, 6) is 1.19. The van der Waals surface area contributed by atoms with Crippen LogP contribution in [0.5, 0.6) is 5.75 Å². The van der Waals surface area contributed by atoms with Crippen LogP contribution < -0.4 is 15.0 Å². The zero-order valence-electron chi connectivity index (χ0n) is 23.1. The number of hydrogen-bond acceptors (Lipinski definition) is 9. The molecule has 0 saturated carbocycles. The van der Waals surface area contributed by atoms with Gasteiger partial charge in [-0.2, -0.15) is 0 Å². The van der Waals surface area contributed by atoms with Gasteiger partial charge in [-0.1, -0.05) is 0 Å². The van der Waals surface area contributed by atoms with E-state index in [-0.39, 0.29) is 17.3 Å². The summed E-state index contributed by atoms with van der Waals surface area (Å²) < 4.78 is 47.7. The molecule has 5 heterocycles. The minimum atomic E-state index is -4.82.